The summed E-state index contributed by atoms with van der Waals surface area (Å²) in [6.07, 6.45) is 3.50. The van der Waals surface area contributed by atoms with Crippen molar-refractivity contribution in [3.63, 3.8) is 0 Å². The van der Waals surface area contributed by atoms with E-state index >= 15 is 0 Å². The minimum Gasteiger partial charge on any atom is -0.379 e. The van der Waals surface area contributed by atoms with Crippen molar-refractivity contribution in [3.8, 4) is 0 Å². The Bertz CT molecular complexity index is 1230. The summed E-state index contributed by atoms with van der Waals surface area (Å²) in [5.74, 6) is 0.0373. The highest BCUT2D eigenvalue weighted by Crippen LogP contribution is 2.46. The lowest BCUT2D eigenvalue weighted by Crippen LogP contribution is -2.59. The van der Waals surface area contributed by atoms with Crippen LogP contribution in [0.2, 0.25) is 0 Å². The van der Waals surface area contributed by atoms with E-state index in [0.717, 1.165) is 38.8 Å². The first kappa shape index (κ1) is 30.4. The number of nitrogens with one attached hydrogen (secondary N) is 1. The van der Waals surface area contributed by atoms with Crippen LogP contribution in [0.15, 0.2) is 29.2 Å². The van der Waals surface area contributed by atoms with Gasteiger partial charge in [-0.2, -0.15) is 8.61 Å². The molecule has 10 nitrogen and oxygen atoms in total. The second kappa shape index (κ2) is 11.7. The Balaban J connectivity index is 1.34. The number of amides is 1. The van der Waals surface area contributed by atoms with Gasteiger partial charge in [0.1, 0.15) is 0 Å². The molecule has 3 saturated heterocycles. The minimum absolute atomic E-state index is 0.0608. The van der Waals surface area contributed by atoms with Crippen LogP contribution in [0.1, 0.15) is 53.4 Å². The summed E-state index contributed by atoms with van der Waals surface area (Å²) in [6.45, 7) is 11.5. The molecule has 0 unspecified atom stereocenters. The Hall–Kier alpha value is -1.57. The second-order valence-corrected chi connectivity index (χ2v) is 16.2. The summed E-state index contributed by atoms with van der Waals surface area (Å²) < 4.78 is 60.8. The van der Waals surface area contributed by atoms with Gasteiger partial charge < -0.3 is 10.1 Å². The number of ether oxygens (including phenoxy) is 1. The van der Waals surface area contributed by atoms with Crippen molar-refractivity contribution in [1.29, 1.82) is 0 Å². The third kappa shape index (κ3) is 7.20. The van der Waals surface area contributed by atoms with Crippen molar-refractivity contribution >= 4 is 31.6 Å². The topological polar surface area (TPSA) is 116 Å². The fourth-order valence-electron chi connectivity index (χ4n) is 5.95. The van der Waals surface area contributed by atoms with Gasteiger partial charge in [-0.25, -0.2) is 16.8 Å². The van der Waals surface area contributed by atoms with Gasteiger partial charge in [-0.05, 0) is 82.2 Å². The van der Waals surface area contributed by atoms with E-state index in [-0.39, 0.29) is 40.0 Å². The summed E-state index contributed by atoms with van der Waals surface area (Å²) in [7, 11) is -7.00. The van der Waals surface area contributed by atoms with Gasteiger partial charge in [0.05, 0.1) is 30.4 Å². The first-order chi connectivity index (χ1) is 18.2. The molecule has 0 atom stereocenters. The number of rotatable bonds is 8. The molecule has 39 heavy (non-hydrogen) atoms. The molecule has 0 aromatic heterocycles. The molecular weight excluding hydrogens is 540 g/mol. The van der Waals surface area contributed by atoms with E-state index < -0.39 is 20.0 Å². The normalized spacial score (nSPS) is 23.2. The van der Waals surface area contributed by atoms with Gasteiger partial charge in [0.15, 0.2) is 0 Å². The maximum atomic E-state index is 13.2. The Labute approximate surface area is 234 Å². The highest BCUT2D eigenvalue weighted by atomic mass is 32.2. The van der Waals surface area contributed by atoms with Gasteiger partial charge in [-0.3, -0.25) is 9.69 Å². The van der Waals surface area contributed by atoms with Gasteiger partial charge in [0, 0.05) is 30.9 Å². The molecule has 1 N–H and O–H groups in total. The fraction of sp³-hybridized carbons (Fsp3) is 0.741. The molecule has 3 heterocycles. The van der Waals surface area contributed by atoms with Crippen molar-refractivity contribution in [1.82, 2.24) is 13.5 Å². The summed E-state index contributed by atoms with van der Waals surface area (Å²) in [4.78, 5) is 15.1. The average molecular weight is 585 g/mol. The molecular formula is C27H44N4O6S2. The summed E-state index contributed by atoms with van der Waals surface area (Å²) in [5.41, 5.74) is -0.00236. The molecule has 1 spiro atoms. The Kier molecular flexibility index (Phi) is 9.14. The largest absolute Gasteiger partial charge is 0.379 e. The average Bonchev–Trinajstić information content (AvgIpc) is 2.87. The summed E-state index contributed by atoms with van der Waals surface area (Å²) in [5, 5.41) is 2.86. The van der Waals surface area contributed by atoms with Crippen molar-refractivity contribution in [2.75, 3.05) is 63.6 Å². The van der Waals surface area contributed by atoms with Gasteiger partial charge >= 0.3 is 0 Å². The van der Waals surface area contributed by atoms with E-state index in [1.165, 1.54) is 10.4 Å². The first-order valence-corrected chi connectivity index (χ1v) is 17.0. The van der Waals surface area contributed by atoms with Gasteiger partial charge in [-0.15, -0.1) is 0 Å². The van der Waals surface area contributed by atoms with Crippen LogP contribution >= 0.6 is 0 Å². The Morgan fingerprint density at radius 2 is 1.67 bits per heavy atom. The third-order valence-electron chi connectivity index (χ3n) is 8.31. The Morgan fingerprint density at radius 3 is 2.31 bits per heavy atom. The number of benzene rings is 1. The lowest BCUT2D eigenvalue weighted by atomic mass is 9.69. The van der Waals surface area contributed by atoms with E-state index in [9.17, 15) is 21.6 Å². The highest BCUT2D eigenvalue weighted by Gasteiger charge is 2.48. The molecule has 0 aliphatic carbocycles. The molecule has 1 aromatic rings. The molecule has 3 aliphatic heterocycles. The van der Waals surface area contributed by atoms with Crippen LogP contribution in [0.4, 0.5) is 5.69 Å². The van der Waals surface area contributed by atoms with E-state index in [4.69, 9.17) is 4.74 Å². The number of anilines is 1. The van der Waals surface area contributed by atoms with Crippen molar-refractivity contribution in [3.05, 3.63) is 24.3 Å². The third-order valence-corrected chi connectivity index (χ3v) is 12.6. The maximum Gasteiger partial charge on any atom is 0.243 e. The smallest absolute Gasteiger partial charge is 0.243 e. The lowest BCUT2D eigenvalue weighted by molar-refractivity contribution is -0.118. The van der Waals surface area contributed by atoms with Crippen LogP contribution in [0.25, 0.3) is 0 Å². The SMILES string of the molecule is CC(C)CS(=O)(=O)N1CC2(CCN(CC(=O)Nc3cccc(S(=O)(=O)N4CCOCC4)c3)CC2)CCC1(C)C. The monoisotopic (exact) mass is 584 g/mol. The van der Waals surface area contributed by atoms with Gasteiger partial charge in [0.25, 0.3) is 0 Å². The van der Waals surface area contributed by atoms with E-state index in [1.54, 1.807) is 22.5 Å². The summed E-state index contributed by atoms with van der Waals surface area (Å²) >= 11 is 0. The lowest BCUT2D eigenvalue weighted by Gasteiger charge is -2.53. The molecule has 3 aliphatic rings. The zero-order valence-corrected chi connectivity index (χ0v) is 25.3. The number of piperidine rings is 2. The number of carbonyl (C=O) groups excluding carboxylic acids is 1. The summed E-state index contributed by atoms with van der Waals surface area (Å²) in [6, 6.07) is 6.37. The quantitative estimate of drug-likeness (QED) is 0.499. The molecule has 3 fully saturated rings. The van der Waals surface area contributed by atoms with Crippen LogP contribution in [0.3, 0.4) is 0 Å². The highest BCUT2D eigenvalue weighted by molar-refractivity contribution is 7.89. The predicted octanol–water partition coefficient (Wildman–Crippen LogP) is 2.59. The number of sulfonamides is 2. The van der Waals surface area contributed by atoms with Crippen LogP contribution in [0, 0.1) is 11.3 Å². The zero-order valence-electron chi connectivity index (χ0n) is 23.7. The molecule has 220 valence electrons. The first-order valence-electron chi connectivity index (χ1n) is 13.9. The van der Waals surface area contributed by atoms with Gasteiger partial charge in [-0.1, -0.05) is 19.9 Å². The van der Waals surface area contributed by atoms with Crippen molar-refractivity contribution in [2.24, 2.45) is 11.3 Å². The predicted molar refractivity (Wildman–Crippen MR) is 151 cm³/mol. The zero-order chi connectivity index (χ0) is 28.5. The molecule has 1 aromatic carbocycles. The number of carbonyl (C=O) groups is 1. The van der Waals surface area contributed by atoms with Crippen molar-refractivity contribution < 1.29 is 26.4 Å². The molecule has 0 saturated carbocycles. The molecule has 0 radical (unpaired) electrons. The van der Waals surface area contributed by atoms with Crippen molar-refractivity contribution in [2.45, 2.75) is 63.8 Å². The standard InChI is InChI=1S/C27H44N4O6S2/c1-22(2)20-38(33,34)31-21-27(9-8-26(31,3)4)10-12-29(13-11-27)19-25(32)28-23-6-5-7-24(18-23)39(35,36)30-14-16-37-17-15-30/h5-7,18,22H,8-17,19-21H2,1-4H3,(H,28,32). The number of morpholine rings is 1. The van der Waals surface area contributed by atoms with E-state index in [2.05, 4.69) is 10.2 Å². The molecule has 1 amide bonds. The number of hydrogen-bond acceptors (Lipinski definition) is 7. The van der Waals surface area contributed by atoms with Crippen LogP contribution in [-0.4, -0.2) is 100 Å². The fourth-order valence-corrected chi connectivity index (χ4v) is 9.74. The number of likely N-dealkylation sites (tertiary alicyclic amines) is 1. The molecule has 12 heteroatoms. The minimum atomic E-state index is -3.65. The Morgan fingerprint density at radius 1 is 1.00 bits per heavy atom. The van der Waals surface area contributed by atoms with Crippen LogP contribution in [0.5, 0.6) is 0 Å². The van der Waals surface area contributed by atoms with Gasteiger partial charge in [0.2, 0.25) is 26.0 Å². The number of hydrogen-bond donors (Lipinski definition) is 1. The maximum absolute atomic E-state index is 13.2. The van der Waals surface area contributed by atoms with Crippen LogP contribution in [-0.2, 0) is 29.6 Å². The van der Waals surface area contributed by atoms with E-state index in [0.29, 0.717) is 38.5 Å². The molecule has 4 rings (SSSR count). The van der Waals surface area contributed by atoms with Crippen LogP contribution < -0.4 is 5.32 Å². The molecule has 0 bridgehead atoms. The number of nitrogens with zero attached hydrogens (tertiary/aromatic N) is 3. The second-order valence-electron chi connectivity index (χ2n) is 12.4. The van der Waals surface area contributed by atoms with E-state index in [1.807, 2.05) is 27.7 Å².